The molecule has 28 heavy (non-hydrogen) atoms. The molecule has 0 unspecified atom stereocenters. The number of anilines is 1. The first-order valence-corrected chi connectivity index (χ1v) is 10.7. The molecule has 1 saturated carbocycles. The van der Waals surface area contributed by atoms with Crippen molar-refractivity contribution in [3.05, 3.63) is 17.1 Å². The molecule has 0 radical (unpaired) electrons. The number of hydrogen-bond acceptors (Lipinski definition) is 5. The number of fused-ring (bicyclic) bond motifs is 1. The van der Waals surface area contributed by atoms with Crippen LogP contribution in [0, 0.1) is 5.92 Å². The minimum Gasteiger partial charge on any atom is -0.373 e. The summed E-state index contributed by atoms with van der Waals surface area (Å²) in [6.45, 7) is 4.48. The van der Waals surface area contributed by atoms with Gasteiger partial charge in [0.05, 0.1) is 12.2 Å². The molecule has 1 aromatic rings. The highest BCUT2D eigenvalue weighted by Crippen LogP contribution is 2.32. The molecule has 1 aliphatic carbocycles. The first kappa shape index (κ1) is 19.2. The highest BCUT2D eigenvalue weighted by Gasteiger charge is 2.33. The monoisotopic (exact) mass is 385 g/mol. The molecule has 0 bridgehead atoms. The van der Waals surface area contributed by atoms with Gasteiger partial charge in [-0.3, -0.25) is 9.59 Å². The van der Waals surface area contributed by atoms with Gasteiger partial charge < -0.3 is 15.1 Å². The van der Waals surface area contributed by atoms with E-state index in [9.17, 15) is 9.59 Å². The van der Waals surface area contributed by atoms with Gasteiger partial charge in [-0.25, -0.2) is 9.97 Å². The van der Waals surface area contributed by atoms with E-state index in [2.05, 4.69) is 10.2 Å². The Kier molecular flexibility index (Phi) is 5.51. The number of aromatic nitrogens is 2. The molecule has 0 spiro atoms. The molecular formula is C21H31N5O2. The van der Waals surface area contributed by atoms with Crippen molar-refractivity contribution in [1.29, 1.82) is 0 Å². The van der Waals surface area contributed by atoms with E-state index in [0.717, 1.165) is 68.1 Å². The lowest BCUT2D eigenvalue weighted by Crippen LogP contribution is -2.42. The van der Waals surface area contributed by atoms with Crippen molar-refractivity contribution in [2.24, 2.45) is 5.92 Å². The van der Waals surface area contributed by atoms with Crippen LogP contribution >= 0.6 is 0 Å². The second-order valence-corrected chi connectivity index (χ2v) is 8.40. The Balaban J connectivity index is 1.54. The van der Waals surface area contributed by atoms with E-state index >= 15 is 0 Å². The number of nitrogens with zero attached hydrogens (tertiary/aromatic N) is 4. The molecule has 1 aromatic heterocycles. The van der Waals surface area contributed by atoms with Crippen LogP contribution in [0.5, 0.6) is 0 Å². The predicted octanol–water partition coefficient (Wildman–Crippen LogP) is 2.32. The van der Waals surface area contributed by atoms with Crippen molar-refractivity contribution in [2.45, 2.75) is 64.3 Å². The van der Waals surface area contributed by atoms with Crippen LogP contribution < -0.4 is 5.32 Å². The molecule has 3 heterocycles. The zero-order valence-corrected chi connectivity index (χ0v) is 17.0. The molecule has 1 atom stereocenters. The van der Waals surface area contributed by atoms with Gasteiger partial charge in [0.2, 0.25) is 11.8 Å². The standard InChI is InChI=1S/C21H31N5O2/c1-14(27)25-11-9-18-17(13-25)20(22-2)24-19(23-18)16-8-5-10-26(12-16)21(28)15-6-3-4-7-15/h15-16H,3-13H2,1-2H3,(H,22,23,24)/t16-/m1/s1. The number of rotatable bonds is 3. The van der Waals surface area contributed by atoms with E-state index in [1.54, 1.807) is 6.92 Å². The van der Waals surface area contributed by atoms with Crippen molar-refractivity contribution < 1.29 is 9.59 Å². The topological polar surface area (TPSA) is 78.4 Å². The van der Waals surface area contributed by atoms with E-state index in [0.29, 0.717) is 19.0 Å². The maximum Gasteiger partial charge on any atom is 0.225 e. The normalized spacial score (nSPS) is 22.9. The van der Waals surface area contributed by atoms with Gasteiger partial charge in [0.15, 0.2) is 0 Å². The van der Waals surface area contributed by atoms with Gasteiger partial charge in [-0.05, 0) is 25.7 Å². The molecule has 152 valence electrons. The SMILES string of the molecule is CNc1nc([C@@H]2CCCN(C(=O)C3CCCC3)C2)nc2c1CN(C(C)=O)CC2. The summed E-state index contributed by atoms with van der Waals surface area (Å²) in [5, 5.41) is 3.20. The van der Waals surface area contributed by atoms with Crippen LogP contribution in [0.1, 0.15) is 68.4 Å². The lowest BCUT2D eigenvalue weighted by Gasteiger charge is -2.34. The highest BCUT2D eigenvalue weighted by atomic mass is 16.2. The Labute approximate surface area is 166 Å². The van der Waals surface area contributed by atoms with Gasteiger partial charge >= 0.3 is 0 Å². The Morgan fingerprint density at radius 1 is 1.04 bits per heavy atom. The highest BCUT2D eigenvalue weighted by molar-refractivity contribution is 5.79. The quantitative estimate of drug-likeness (QED) is 0.864. The second kappa shape index (κ2) is 8.05. The molecule has 7 nitrogen and oxygen atoms in total. The Bertz CT molecular complexity index is 742. The third-order valence-corrected chi connectivity index (χ3v) is 6.56. The van der Waals surface area contributed by atoms with Gasteiger partial charge in [-0.15, -0.1) is 0 Å². The van der Waals surface area contributed by atoms with E-state index in [-0.39, 0.29) is 17.7 Å². The Morgan fingerprint density at radius 3 is 2.54 bits per heavy atom. The van der Waals surface area contributed by atoms with E-state index < -0.39 is 0 Å². The van der Waals surface area contributed by atoms with Crippen LogP contribution in [0.2, 0.25) is 0 Å². The van der Waals surface area contributed by atoms with Gasteiger partial charge in [0, 0.05) is 57.4 Å². The number of hydrogen-bond donors (Lipinski definition) is 1. The fourth-order valence-electron chi connectivity index (χ4n) is 4.91. The number of amides is 2. The van der Waals surface area contributed by atoms with Gasteiger partial charge in [0.25, 0.3) is 0 Å². The first-order valence-electron chi connectivity index (χ1n) is 10.7. The molecule has 0 aromatic carbocycles. The number of likely N-dealkylation sites (tertiary alicyclic amines) is 1. The predicted molar refractivity (Wildman–Crippen MR) is 107 cm³/mol. The Morgan fingerprint density at radius 2 is 1.82 bits per heavy atom. The average Bonchev–Trinajstić information content (AvgIpc) is 3.26. The second-order valence-electron chi connectivity index (χ2n) is 8.40. The number of piperidine rings is 1. The summed E-state index contributed by atoms with van der Waals surface area (Å²) in [6.07, 6.45) is 7.26. The zero-order chi connectivity index (χ0) is 19.7. The van der Waals surface area contributed by atoms with Gasteiger partial charge in [-0.1, -0.05) is 12.8 Å². The summed E-state index contributed by atoms with van der Waals surface area (Å²) in [6, 6.07) is 0. The minimum absolute atomic E-state index is 0.0881. The lowest BCUT2D eigenvalue weighted by atomic mass is 9.94. The molecule has 4 rings (SSSR count). The molecule has 2 aliphatic heterocycles. The third kappa shape index (κ3) is 3.71. The summed E-state index contributed by atoms with van der Waals surface area (Å²) in [4.78, 5) is 38.2. The molecule has 1 saturated heterocycles. The zero-order valence-electron chi connectivity index (χ0n) is 17.0. The van der Waals surface area contributed by atoms with E-state index in [4.69, 9.17) is 9.97 Å². The number of nitrogens with one attached hydrogen (secondary N) is 1. The molecule has 3 aliphatic rings. The summed E-state index contributed by atoms with van der Waals surface area (Å²) >= 11 is 0. The molecule has 7 heteroatoms. The maximum absolute atomic E-state index is 12.9. The van der Waals surface area contributed by atoms with E-state index in [1.165, 1.54) is 12.8 Å². The fraction of sp³-hybridized carbons (Fsp3) is 0.714. The van der Waals surface area contributed by atoms with Crippen LogP contribution in [0.3, 0.4) is 0 Å². The van der Waals surface area contributed by atoms with E-state index in [1.807, 2.05) is 11.9 Å². The summed E-state index contributed by atoms with van der Waals surface area (Å²) < 4.78 is 0. The molecular weight excluding hydrogens is 354 g/mol. The molecule has 1 N–H and O–H groups in total. The van der Waals surface area contributed by atoms with Crippen LogP contribution in [0.15, 0.2) is 0 Å². The molecule has 2 amide bonds. The fourth-order valence-corrected chi connectivity index (χ4v) is 4.91. The van der Waals surface area contributed by atoms with Crippen LogP contribution in [0.4, 0.5) is 5.82 Å². The average molecular weight is 386 g/mol. The first-order chi connectivity index (χ1) is 13.6. The van der Waals surface area contributed by atoms with Gasteiger partial charge in [-0.2, -0.15) is 0 Å². The minimum atomic E-state index is 0.0881. The Hall–Kier alpha value is -2.18. The van der Waals surface area contributed by atoms with Crippen molar-refractivity contribution in [3.63, 3.8) is 0 Å². The van der Waals surface area contributed by atoms with Crippen molar-refractivity contribution >= 4 is 17.6 Å². The smallest absolute Gasteiger partial charge is 0.225 e. The number of carbonyl (C=O) groups excluding carboxylic acids is 2. The lowest BCUT2D eigenvalue weighted by molar-refractivity contribution is -0.136. The third-order valence-electron chi connectivity index (χ3n) is 6.56. The van der Waals surface area contributed by atoms with Gasteiger partial charge in [0.1, 0.15) is 11.6 Å². The molecule has 2 fully saturated rings. The number of carbonyl (C=O) groups is 2. The van der Waals surface area contributed by atoms with Crippen LogP contribution in [-0.2, 0) is 22.6 Å². The van der Waals surface area contributed by atoms with Crippen molar-refractivity contribution in [2.75, 3.05) is 32.0 Å². The summed E-state index contributed by atoms with van der Waals surface area (Å²) in [7, 11) is 1.87. The largest absolute Gasteiger partial charge is 0.373 e. The summed E-state index contributed by atoms with van der Waals surface area (Å²) in [5.41, 5.74) is 2.08. The van der Waals surface area contributed by atoms with Crippen LogP contribution in [-0.4, -0.2) is 58.3 Å². The summed E-state index contributed by atoms with van der Waals surface area (Å²) in [5.74, 6) is 2.53. The van der Waals surface area contributed by atoms with Crippen molar-refractivity contribution in [3.8, 4) is 0 Å². The van der Waals surface area contributed by atoms with Crippen LogP contribution in [0.25, 0.3) is 0 Å². The van der Waals surface area contributed by atoms with Crippen molar-refractivity contribution in [1.82, 2.24) is 19.8 Å². The maximum atomic E-state index is 12.9.